The van der Waals surface area contributed by atoms with E-state index in [1.807, 2.05) is 12.1 Å². The normalized spacial score (nSPS) is 16.8. The van der Waals surface area contributed by atoms with Gasteiger partial charge in [-0.2, -0.15) is 0 Å². The fourth-order valence-corrected chi connectivity index (χ4v) is 2.46. The van der Waals surface area contributed by atoms with E-state index in [4.69, 9.17) is 10.1 Å². The van der Waals surface area contributed by atoms with Gasteiger partial charge in [-0.05, 0) is 30.5 Å². The van der Waals surface area contributed by atoms with Crippen LogP contribution in [0.3, 0.4) is 0 Å². The van der Waals surface area contributed by atoms with Gasteiger partial charge in [0.05, 0.1) is 12.6 Å². The monoisotopic (exact) mass is 218 g/mol. The molecular weight excluding hydrogens is 200 g/mol. The number of rotatable bonds is 3. The standard InChI is InChI=1S/C13H18N2O/c1-4-13(5-2)11-7-6-9(16-3)8-10(11)12(14)15-13/h6-8H,4-5H2,1-3H3,(H2,14,15). The second kappa shape index (κ2) is 3.81. The van der Waals surface area contributed by atoms with Gasteiger partial charge < -0.3 is 10.1 Å². The summed E-state index contributed by atoms with van der Waals surface area (Å²) < 4.78 is 5.20. The lowest BCUT2D eigenvalue weighted by Gasteiger charge is -2.28. The summed E-state index contributed by atoms with van der Waals surface area (Å²) in [5, 5.41) is 11.3. The molecule has 2 rings (SSSR count). The molecule has 3 nitrogen and oxygen atoms in total. The van der Waals surface area contributed by atoms with Gasteiger partial charge in [0.2, 0.25) is 0 Å². The van der Waals surface area contributed by atoms with Crippen molar-refractivity contribution in [2.24, 2.45) is 0 Å². The molecule has 1 aromatic rings. The number of benzene rings is 1. The van der Waals surface area contributed by atoms with Crippen LogP contribution in [0.1, 0.15) is 37.8 Å². The van der Waals surface area contributed by atoms with Crippen LogP contribution in [0.4, 0.5) is 0 Å². The maximum absolute atomic E-state index is 8.00. The Labute approximate surface area is 96.3 Å². The molecule has 0 radical (unpaired) electrons. The van der Waals surface area contributed by atoms with E-state index < -0.39 is 0 Å². The summed E-state index contributed by atoms with van der Waals surface area (Å²) in [5.41, 5.74) is 2.14. The van der Waals surface area contributed by atoms with Crippen molar-refractivity contribution in [3.05, 3.63) is 29.3 Å². The van der Waals surface area contributed by atoms with Gasteiger partial charge in [0, 0.05) is 5.56 Å². The SMILES string of the molecule is CCC1(CC)NC(=N)c2cc(OC)ccc21. The second-order valence-corrected chi connectivity index (χ2v) is 4.20. The summed E-state index contributed by atoms with van der Waals surface area (Å²) in [6, 6.07) is 5.99. The van der Waals surface area contributed by atoms with Crippen molar-refractivity contribution >= 4 is 5.84 Å². The highest BCUT2D eigenvalue weighted by atomic mass is 16.5. The molecule has 1 aromatic carbocycles. The van der Waals surface area contributed by atoms with Crippen LogP contribution in [0.2, 0.25) is 0 Å². The highest BCUT2D eigenvalue weighted by Gasteiger charge is 2.38. The van der Waals surface area contributed by atoms with Crippen molar-refractivity contribution in [3.63, 3.8) is 0 Å². The van der Waals surface area contributed by atoms with Crippen molar-refractivity contribution in [2.75, 3.05) is 7.11 Å². The first kappa shape index (κ1) is 11.0. The molecule has 0 fully saturated rings. The molecule has 0 saturated carbocycles. The van der Waals surface area contributed by atoms with Gasteiger partial charge in [-0.1, -0.05) is 19.9 Å². The summed E-state index contributed by atoms with van der Waals surface area (Å²) in [4.78, 5) is 0. The minimum Gasteiger partial charge on any atom is -0.497 e. The third-order valence-electron chi connectivity index (χ3n) is 3.58. The molecule has 0 amide bonds. The van der Waals surface area contributed by atoms with Crippen molar-refractivity contribution in [1.82, 2.24) is 5.32 Å². The van der Waals surface area contributed by atoms with Gasteiger partial charge in [-0.25, -0.2) is 0 Å². The van der Waals surface area contributed by atoms with Gasteiger partial charge >= 0.3 is 0 Å². The zero-order chi connectivity index (χ0) is 11.8. The number of methoxy groups -OCH3 is 1. The smallest absolute Gasteiger partial charge is 0.126 e. The molecule has 0 saturated heterocycles. The number of nitrogens with one attached hydrogen (secondary N) is 2. The number of ether oxygens (including phenoxy) is 1. The minimum absolute atomic E-state index is 0.0569. The average Bonchev–Trinajstić information content (AvgIpc) is 2.62. The molecule has 1 aliphatic rings. The van der Waals surface area contributed by atoms with Crippen molar-refractivity contribution in [1.29, 1.82) is 5.41 Å². The lowest BCUT2D eigenvalue weighted by molar-refractivity contribution is 0.376. The number of amidine groups is 1. The third-order valence-corrected chi connectivity index (χ3v) is 3.58. The highest BCUT2D eigenvalue weighted by molar-refractivity contribution is 6.02. The van der Waals surface area contributed by atoms with Gasteiger partial charge in [0.15, 0.2) is 0 Å². The van der Waals surface area contributed by atoms with E-state index in [0.717, 1.165) is 24.2 Å². The van der Waals surface area contributed by atoms with Gasteiger partial charge in [-0.15, -0.1) is 0 Å². The molecular formula is C13H18N2O. The van der Waals surface area contributed by atoms with E-state index in [9.17, 15) is 0 Å². The van der Waals surface area contributed by atoms with Crippen molar-refractivity contribution in [2.45, 2.75) is 32.2 Å². The Hall–Kier alpha value is -1.51. The fraction of sp³-hybridized carbons (Fsp3) is 0.462. The Balaban J connectivity index is 2.55. The molecule has 0 spiro atoms. The van der Waals surface area contributed by atoms with Crippen molar-refractivity contribution < 1.29 is 4.74 Å². The van der Waals surface area contributed by atoms with E-state index in [-0.39, 0.29) is 5.54 Å². The Bertz CT molecular complexity index is 422. The molecule has 16 heavy (non-hydrogen) atoms. The molecule has 2 N–H and O–H groups in total. The molecule has 1 heterocycles. The van der Waals surface area contributed by atoms with E-state index in [2.05, 4.69) is 25.2 Å². The first-order chi connectivity index (χ1) is 7.66. The summed E-state index contributed by atoms with van der Waals surface area (Å²) >= 11 is 0. The minimum atomic E-state index is -0.0569. The first-order valence-electron chi connectivity index (χ1n) is 5.72. The van der Waals surface area contributed by atoms with E-state index >= 15 is 0 Å². The van der Waals surface area contributed by atoms with Crippen molar-refractivity contribution in [3.8, 4) is 5.75 Å². The Kier molecular flexibility index (Phi) is 2.62. The lowest BCUT2D eigenvalue weighted by atomic mass is 9.85. The Morgan fingerprint density at radius 1 is 1.31 bits per heavy atom. The average molecular weight is 218 g/mol. The summed E-state index contributed by atoms with van der Waals surface area (Å²) in [6.45, 7) is 4.31. The van der Waals surface area contributed by atoms with Crippen LogP contribution in [-0.2, 0) is 5.54 Å². The number of hydrogen-bond donors (Lipinski definition) is 2. The molecule has 0 bridgehead atoms. The fourth-order valence-electron chi connectivity index (χ4n) is 2.46. The zero-order valence-corrected chi connectivity index (χ0v) is 10.1. The molecule has 0 unspecified atom stereocenters. The van der Waals surface area contributed by atoms with Crippen LogP contribution in [0.25, 0.3) is 0 Å². The first-order valence-corrected chi connectivity index (χ1v) is 5.72. The molecule has 1 aliphatic heterocycles. The van der Waals surface area contributed by atoms with Crippen LogP contribution in [0.5, 0.6) is 5.75 Å². The molecule has 86 valence electrons. The summed E-state index contributed by atoms with van der Waals surface area (Å²) in [6.07, 6.45) is 1.98. The predicted octanol–water partition coefficient (Wildman–Crippen LogP) is 2.64. The Morgan fingerprint density at radius 3 is 2.56 bits per heavy atom. The van der Waals surface area contributed by atoms with E-state index in [0.29, 0.717) is 5.84 Å². The molecule has 0 aliphatic carbocycles. The lowest BCUT2D eigenvalue weighted by Crippen LogP contribution is -2.37. The van der Waals surface area contributed by atoms with Crippen LogP contribution in [-0.4, -0.2) is 12.9 Å². The molecule has 0 atom stereocenters. The summed E-state index contributed by atoms with van der Waals surface area (Å²) in [7, 11) is 1.65. The van der Waals surface area contributed by atoms with Crippen LogP contribution in [0.15, 0.2) is 18.2 Å². The van der Waals surface area contributed by atoms with E-state index in [1.165, 1.54) is 5.56 Å². The number of hydrogen-bond acceptors (Lipinski definition) is 2. The summed E-state index contributed by atoms with van der Waals surface area (Å²) in [5.74, 6) is 1.32. The van der Waals surface area contributed by atoms with Crippen LogP contribution >= 0.6 is 0 Å². The van der Waals surface area contributed by atoms with Gasteiger partial charge in [0.1, 0.15) is 11.6 Å². The Morgan fingerprint density at radius 2 is 2.00 bits per heavy atom. The van der Waals surface area contributed by atoms with E-state index in [1.54, 1.807) is 7.11 Å². The molecule has 0 aromatic heterocycles. The maximum Gasteiger partial charge on any atom is 0.126 e. The quantitative estimate of drug-likeness (QED) is 0.819. The second-order valence-electron chi connectivity index (χ2n) is 4.20. The molecule has 3 heteroatoms. The largest absolute Gasteiger partial charge is 0.497 e. The third kappa shape index (κ3) is 1.39. The maximum atomic E-state index is 8.00. The van der Waals surface area contributed by atoms with Crippen LogP contribution < -0.4 is 10.1 Å². The van der Waals surface area contributed by atoms with Gasteiger partial charge in [0.25, 0.3) is 0 Å². The highest BCUT2D eigenvalue weighted by Crippen LogP contribution is 2.37. The predicted molar refractivity (Wildman–Crippen MR) is 65.2 cm³/mol. The van der Waals surface area contributed by atoms with Crippen LogP contribution in [0, 0.1) is 5.41 Å². The zero-order valence-electron chi connectivity index (χ0n) is 10.1. The number of fused-ring (bicyclic) bond motifs is 1. The van der Waals surface area contributed by atoms with Gasteiger partial charge in [-0.3, -0.25) is 5.41 Å². The topological polar surface area (TPSA) is 45.1 Å².